The minimum atomic E-state index is -1.27. The van der Waals surface area contributed by atoms with Gasteiger partial charge in [0.25, 0.3) is 0 Å². The average Bonchev–Trinajstić information content (AvgIpc) is 2.95. The zero-order valence-corrected chi connectivity index (χ0v) is 25.1. The summed E-state index contributed by atoms with van der Waals surface area (Å²) in [5.74, 6) is -3.22. The number of aliphatic carboxylic acids is 2. The molecule has 0 radical (unpaired) electrons. The van der Waals surface area contributed by atoms with Crippen molar-refractivity contribution < 1.29 is 29.7 Å². The summed E-state index contributed by atoms with van der Waals surface area (Å²) in [7, 11) is 7.59. The summed E-state index contributed by atoms with van der Waals surface area (Å²) in [6.07, 6.45) is 0. The molecule has 0 spiro atoms. The van der Waals surface area contributed by atoms with Gasteiger partial charge in [-0.15, -0.1) is 0 Å². The van der Waals surface area contributed by atoms with E-state index in [1.54, 1.807) is 6.07 Å². The van der Waals surface area contributed by atoms with Crippen molar-refractivity contribution in [2.45, 2.75) is 0 Å². The van der Waals surface area contributed by atoms with Crippen molar-refractivity contribution in [3.05, 3.63) is 23.8 Å². The van der Waals surface area contributed by atoms with Crippen LogP contribution in [0.5, 0.6) is 0 Å². The number of carboxylic acid groups (broad SMARTS) is 3. The maximum Gasteiger partial charge on any atom is 0.337 e. The number of benzene rings is 1. The molecule has 3 aromatic rings. The zero-order valence-electron chi connectivity index (χ0n) is 25.1. The molecule has 0 aliphatic carbocycles. The molecular formula is C25H36N14O6. The summed E-state index contributed by atoms with van der Waals surface area (Å²) in [6, 6.07) is 4.36. The summed E-state index contributed by atoms with van der Waals surface area (Å²) in [4.78, 5) is 63.5. The number of nitrogens with one attached hydrogen (secondary N) is 6. The first kappa shape index (κ1) is 33.9. The van der Waals surface area contributed by atoms with E-state index >= 15 is 0 Å². The smallest absolute Gasteiger partial charge is 0.337 e. The van der Waals surface area contributed by atoms with Crippen molar-refractivity contribution >= 4 is 65.0 Å². The average molecular weight is 629 g/mol. The molecule has 0 amide bonds. The number of hydrogen-bond donors (Lipinski definition) is 9. The second kappa shape index (κ2) is 16.3. The summed E-state index contributed by atoms with van der Waals surface area (Å²) in [6.45, 7) is 1.44. The van der Waals surface area contributed by atoms with Crippen LogP contribution < -0.4 is 31.9 Å². The molecule has 3 rings (SSSR count). The molecule has 0 aliphatic rings. The van der Waals surface area contributed by atoms with Crippen LogP contribution >= 0.6 is 0 Å². The largest absolute Gasteiger partial charge is 0.480 e. The normalized spacial score (nSPS) is 10.8. The highest BCUT2D eigenvalue weighted by Gasteiger charge is 2.16. The molecule has 0 unspecified atom stereocenters. The van der Waals surface area contributed by atoms with Gasteiger partial charge in [-0.25, -0.2) is 4.79 Å². The molecule has 45 heavy (non-hydrogen) atoms. The Morgan fingerprint density at radius 1 is 0.622 bits per heavy atom. The fourth-order valence-corrected chi connectivity index (χ4v) is 3.43. The molecule has 9 N–H and O–H groups in total. The number of likely N-dealkylation sites (N-methyl/N-ethyl adjacent to an activating group) is 2. The second-order valence-electron chi connectivity index (χ2n) is 9.88. The third-order valence-electron chi connectivity index (χ3n) is 5.50. The van der Waals surface area contributed by atoms with E-state index in [4.69, 9.17) is 10.2 Å². The van der Waals surface area contributed by atoms with Gasteiger partial charge >= 0.3 is 17.9 Å². The highest BCUT2D eigenvalue weighted by molar-refractivity contribution is 5.96. The second-order valence-corrected chi connectivity index (χ2v) is 9.88. The van der Waals surface area contributed by atoms with E-state index in [0.717, 1.165) is 0 Å². The number of aromatic nitrogens is 6. The molecule has 1 aromatic carbocycles. The van der Waals surface area contributed by atoms with Crippen LogP contribution in [0.1, 0.15) is 10.4 Å². The summed E-state index contributed by atoms with van der Waals surface area (Å²) < 4.78 is 0. The predicted octanol–water partition coefficient (Wildman–Crippen LogP) is 0.182. The van der Waals surface area contributed by atoms with E-state index in [-0.39, 0.29) is 46.9 Å². The maximum atomic E-state index is 12.2. The Morgan fingerprint density at radius 2 is 1.04 bits per heavy atom. The molecule has 0 saturated carbocycles. The van der Waals surface area contributed by atoms with Crippen LogP contribution in [0.15, 0.2) is 18.2 Å². The van der Waals surface area contributed by atoms with Crippen LogP contribution in [0.3, 0.4) is 0 Å². The lowest BCUT2D eigenvalue weighted by molar-refractivity contribution is -0.136. The van der Waals surface area contributed by atoms with Crippen LogP contribution in [0.4, 0.5) is 47.1 Å². The van der Waals surface area contributed by atoms with E-state index in [2.05, 4.69) is 61.8 Å². The van der Waals surface area contributed by atoms with Gasteiger partial charge in [0.05, 0.1) is 11.3 Å². The Bertz CT molecular complexity index is 1490. The van der Waals surface area contributed by atoms with Gasteiger partial charge in [-0.05, 0) is 46.4 Å². The van der Waals surface area contributed by atoms with Crippen molar-refractivity contribution in [3.63, 3.8) is 0 Å². The molecule has 20 nitrogen and oxygen atoms in total. The monoisotopic (exact) mass is 628 g/mol. The van der Waals surface area contributed by atoms with Gasteiger partial charge in [-0.2, -0.15) is 29.9 Å². The molecule has 2 heterocycles. The van der Waals surface area contributed by atoms with E-state index in [9.17, 15) is 19.5 Å². The number of hydrogen-bond acceptors (Lipinski definition) is 17. The Kier molecular flexibility index (Phi) is 12.3. The fourth-order valence-electron chi connectivity index (χ4n) is 3.43. The molecule has 2 aromatic heterocycles. The summed E-state index contributed by atoms with van der Waals surface area (Å²) in [5, 5.41) is 45.1. The Hall–Kier alpha value is -5.63. The molecule has 0 atom stereocenters. The SMILES string of the molecule is CN(C)CCNc1nc(NCC(=O)O)nc(Nc2ccc(Nc3nc(NCCN(C)C)nc(NCC(=O)O)n3)c(C(=O)O)c2)n1. The first-order valence-corrected chi connectivity index (χ1v) is 13.5. The van der Waals surface area contributed by atoms with Crippen molar-refractivity contribution in [2.24, 2.45) is 0 Å². The van der Waals surface area contributed by atoms with Crippen molar-refractivity contribution in [2.75, 3.05) is 99.4 Å². The van der Waals surface area contributed by atoms with Crippen molar-refractivity contribution in [3.8, 4) is 0 Å². The minimum Gasteiger partial charge on any atom is -0.480 e. The van der Waals surface area contributed by atoms with E-state index in [1.165, 1.54) is 12.1 Å². The van der Waals surface area contributed by atoms with E-state index in [1.807, 2.05) is 38.0 Å². The maximum absolute atomic E-state index is 12.2. The molecule has 0 aliphatic heterocycles. The van der Waals surface area contributed by atoms with Gasteiger partial charge in [0, 0.05) is 31.9 Å². The quantitative estimate of drug-likeness (QED) is 0.0856. The first-order valence-electron chi connectivity index (χ1n) is 13.5. The molecule has 0 saturated heterocycles. The van der Waals surface area contributed by atoms with Crippen molar-refractivity contribution in [1.29, 1.82) is 0 Å². The molecule has 0 bridgehead atoms. The highest BCUT2D eigenvalue weighted by Crippen LogP contribution is 2.26. The standard InChI is InChI=1S/C25H36N14O6/c1-38(2)9-7-26-20-32-22(28-12-17(40)41)36-24(34-20)30-14-5-6-16(15(11-14)19(44)45)31-25-35-21(27-8-10-39(3)4)33-23(37-25)29-13-18(42)43/h5-6,11H,7-10,12-13H2,1-4H3,(H,40,41)(H,42,43)(H,44,45)(H3,26,28,30,32,34,36)(H3,27,29,31,33,35,37). The van der Waals surface area contributed by atoms with Gasteiger partial charge < -0.3 is 57.0 Å². The number of anilines is 8. The summed E-state index contributed by atoms with van der Waals surface area (Å²) >= 11 is 0. The van der Waals surface area contributed by atoms with Crippen LogP contribution in [-0.2, 0) is 9.59 Å². The van der Waals surface area contributed by atoms with Crippen LogP contribution in [0.2, 0.25) is 0 Å². The van der Waals surface area contributed by atoms with Crippen LogP contribution in [-0.4, -0.2) is 140 Å². The first-order chi connectivity index (χ1) is 21.4. The lowest BCUT2D eigenvalue weighted by Gasteiger charge is -2.15. The lowest BCUT2D eigenvalue weighted by atomic mass is 10.1. The zero-order chi connectivity index (χ0) is 32.9. The molecular weight excluding hydrogens is 592 g/mol. The third kappa shape index (κ3) is 11.9. The Labute approximate surface area is 257 Å². The molecule has 20 heteroatoms. The predicted molar refractivity (Wildman–Crippen MR) is 166 cm³/mol. The Morgan fingerprint density at radius 3 is 1.47 bits per heavy atom. The van der Waals surface area contributed by atoms with Crippen molar-refractivity contribution in [1.82, 2.24) is 39.7 Å². The minimum absolute atomic E-state index is 0.00357. The topological polar surface area (TPSA) is 268 Å². The lowest BCUT2D eigenvalue weighted by Crippen LogP contribution is -2.22. The van der Waals surface area contributed by atoms with Gasteiger partial charge in [-0.3, -0.25) is 9.59 Å². The van der Waals surface area contributed by atoms with E-state index < -0.39 is 31.0 Å². The number of nitrogens with zero attached hydrogens (tertiary/aromatic N) is 8. The van der Waals surface area contributed by atoms with Gasteiger partial charge in [0.2, 0.25) is 35.7 Å². The van der Waals surface area contributed by atoms with Gasteiger partial charge in [0.15, 0.2) is 0 Å². The van der Waals surface area contributed by atoms with E-state index in [0.29, 0.717) is 31.9 Å². The molecule has 242 valence electrons. The highest BCUT2D eigenvalue weighted by atomic mass is 16.4. The number of rotatable bonds is 19. The fraction of sp³-hybridized carbons (Fsp3) is 0.400. The molecule has 0 fully saturated rings. The van der Waals surface area contributed by atoms with Gasteiger partial charge in [0.1, 0.15) is 13.1 Å². The van der Waals surface area contributed by atoms with Crippen LogP contribution in [0, 0.1) is 0 Å². The third-order valence-corrected chi connectivity index (χ3v) is 5.50. The number of carbonyl (C=O) groups is 3. The van der Waals surface area contributed by atoms with Gasteiger partial charge in [-0.1, -0.05) is 0 Å². The number of carboxylic acids is 3. The Balaban J connectivity index is 1.87. The summed E-state index contributed by atoms with van der Waals surface area (Å²) in [5.41, 5.74) is 0.274. The number of aromatic carboxylic acids is 1. The van der Waals surface area contributed by atoms with Crippen LogP contribution in [0.25, 0.3) is 0 Å².